The molecule has 0 saturated carbocycles. The molecule has 7 nitrogen and oxygen atoms in total. The van der Waals surface area contributed by atoms with E-state index in [-0.39, 0.29) is 28.5 Å². The summed E-state index contributed by atoms with van der Waals surface area (Å²) in [7, 11) is 1.42. The summed E-state index contributed by atoms with van der Waals surface area (Å²) in [5.74, 6) is -1.47. The number of carbonyl (C=O) groups is 1. The molecule has 0 aliphatic heterocycles. The van der Waals surface area contributed by atoms with Crippen molar-refractivity contribution in [2.75, 3.05) is 13.7 Å². The fourth-order valence-electron chi connectivity index (χ4n) is 2.65. The highest BCUT2D eigenvalue weighted by Gasteiger charge is 2.24. The Morgan fingerprint density at radius 1 is 1.35 bits per heavy atom. The molecule has 0 unspecified atom stereocenters. The third-order valence-electron chi connectivity index (χ3n) is 3.77. The van der Waals surface area contributed by atoms with Crippen LogP contribution in [0.25, 0.3) is 11.1 Å². The maximum atomic E-state index is 13.9. The average molecular weight is 385 g/mol. The minimum atomic E-state index is -0.844. The summed E-state index contributed by atoms with van der Waals surface area (Å²) < 4.78 is 20.5. The van der Waals surface area contributed by atoms with Crippen molar-refractivity contribution in [2.45, 2.75) is 26.8 Å². The Morgan fingerprint density at radius 3 is 2.58 bits per heavy atom. The van der Waals surface area contributed by atoms with E-state index in [1.54, 1.807) is 6.92 Å². The van der Waals surface area contributed by atoms with Crippen LogP contribution in [-0.2, 0) is 9.53 Å². The second kappa shape index (κ2) is 7.84. The molecule has 140 valence electrons. The molecule has 2 rings (SSSR count). The molecule has 0 saturated heterocycles. The number of halogens is 2. The predicted molar refractivity (Wildman–Crippen MR) is 94.0 cm³/mol. The topological polar surface area (TPSA) is 79.5 Å². The largest absolute Gasteiger partial charge is 0.383 e. The van der Waals surface area contributed by atoms with Gasteiger partial charge in [-0.05, 0) is 19.9 Å². The van der Waals surface area contributed by atoms with Gasteiger partial charge in [0, 0.05) is 19.6 Å². The SMILES string of the molecule is COC[C@H](C)n1c(=O)c(-c2cccc(F)c2Cl)c(C)n(OC(C)=O)c1=O. The molecule has 0 aliphatic carbocycles. The van der Waals surface area contributed by atoms with Crippen LogP contribution in [0.1, 0.15) is 25.6 Å². The van der Waals surface area contributed by atoms with Crippen molar-refractivity contribution >= 4 is 17.6 Å². The first-order chi connectivity index (χ1) is 12.2. The van der Waals surface area contributed by atoms with Gasteiger partial charge in [0.15, 0.2) is 0 Å². The number of nitrogens with zero attached hydrogens (tertiary/aromatic N) is 2. The molecule has 2 aromatic rings. The van der Waals surface area contributed by atoms with Crippen molar-refractivity contribution in [1.29, 1.82) is 0 Å². The monoisotopic (exact) mass is 384 g/mol. The van der Waals surface area contributed by atoms with Crippen LogP contribution in [0.15, 0.2) is 27.8 Å². The van der Waals surface area contributed by atoms with Crippen LogP contribution in [0.4, 0.5) is 4.39 Å². The molecule has 0 aliphatic rings. The van der Waals surface area contributed by atoms with Gasteiger partial charge in [-0.3, -0.25) is 9.36 Å². The number of carbonyl (C=O) groups excluding carboxylic acids is 1. The lowest BCUT2D eigenvalue weighted by Gasteiger charge is -2.20. The Balaban J connectivity index is 2.93. The fourth-order valence-corrected chi connectivity index (χ4v) is 2.87. The van der Waals surface area contributed by atoms with Gasteiger partial charge in [-0.1, -0.05) is 23.7 Å². The van der Waals surface area contributed by atoms with E-state index in [9.17, 15) is 18.8 Å². The average Bonchev–Trinajstić information content (AvgIpc) is 2.55. The van der Waals surface area contributed by atoms with Crippen molar-refractivity contribution in [3.8, 4) is 11.1 Å². The van der Waals surface area contributed by atoms with Gasteiger partial charge >= 0.3 is 11.7 Å². The summed E-state index contributed by atoms with van der Waals surface area (Å²) in [6.45, 7) is 4.19. The number of ether oxygens (including phenoxy) is 1. The van der Waals surface area contributed by atoms with Crippen LogP contribution in [0.2, 0.25) is 5.02 Å². The number of hydrogen-bond acceptors (Lipinski definition) is 5. The predicted octanol–water partition coefficient (Wildman–Crippen LogP) is 1.96. The third-order valence-corrected chi connectivity index (χ3v) is 4.15. The van der Waals surface area contributed by atoms with Gasteiger partial charge < -0.3 is 9.57 Å². The molecule has 1 atom stereocenters. The van der Waals surface area contributed by atoms with E-state index >= 15 is 0 Å². The molecule has 0 spiro atoms. The van der Waals surface area contributed by atoms with E-state index in [4.69, 9.17) is 21.2 Å². The van der Waals surface area contributed by atoms with Crippen molar-refractivity contribution in [3.05, 3.63) is 55.6 Å². The Bertz CT molecular complexity index is 967. The zero-order valence-corrected chi connectivity index (χ0v) is 15.5. The fraction of sp³-hybridized carbons (Fsp3) is 0.353. The summed E-state index contributed by atoms with van der Waals surface area (Å²) in [4.78, 5) is 42.0. The standard InChI is InChI=1S/C17H18ClFN2O5/c1-9(8-25-4)20-16(23)14(12-6-5-7-13(19)15(12)18)10(2)21(17(20)24)26-11(3)22/h5-7,9H,8H2,1-4H3/t9-/m0/s1. The number of hydrogen-bond donors (Lipinski definition) is 0. The first-order valence-electron chi connectivity index (χ1n) is 7.71. The van der Waals surface area contributed by atoms with E-state index in [1.165, 1.54) is 26.2 Å². The number of aromatic nitrogens is 2. The molecular formula is C17H18ClFN2O5. The molecule has 0 fully saturated rings. The van der Waals surface area contributed by atoms with E-state index < -0.39 is 29.1 Å². The zero-order chi connectivity index (χ0) is 19.6. The van der Waals surface area contributed by atoms with Gasteiger partial charge in [0.2, 0.25) is 0 Å². The van der Waals surface area contributed by atoms with Crippen LogP contribution in [0, 0.1) is 12.7 Å². The molecule has 1 aromatic carbocycles. The third kappa shape index (κ3) is 3.56. The molecule has 0 N–H and O–H groups in total. The lowest BCUT2D eigenvalue weighted by molar-refractivity contribution is -0.142. The Kier molecular flexibility index (Phi) is 5.99. The van der Waals surface area contributed by atoms with Gasteiger partial charge in [0.1, 0.15) is 5.82 Å². The van der Waals surface area contributed by atoms with Gasteiger partial charge in [0.25, 0.3) is 5.56 Å². The van der Waals surface area contributed by atoms with E-state index in [2.05, 4.69) is 0 Å². The summed E-state index contributed by atoms with van der Waals surface area (Å²) in [5, 5.41) is -0.272. The highest BCUT2D eigenvalue weighted by Crippen LogP contribution is 2.29. The maximum absolute atomic E-state index is 13.9. The van der Waals surface area contributed by atoms with Crippen LogP contribution in [0.3, 0.4) is 0 Å². The second-order valence-electron chi connectivity index (χ2n) is 5.70. The highest BCUT2D eigenvalue weighted by atomic mass is 35.5. The Hall–Kier alpha value is -2.45. The summed E-state index contributed by atoms with van der Waals surface area (Å²) in [6, 6.07) is 3.33. The second-order valence-corrected chi connectivity index (χ2v) is 6.08. The van der Waals surface area contributed by atoms with Crippen LogP contribution in [-0.4, -0.2) is 29.0 Å². The van der Waals surface area contributed by atoms with E-state index in [0.29, 0.717) is 4.73 Å². The Morgan fingerprint density at radius 2 is 2.00 bits per heavy atom. The first kappa shape index (κ1) is 19.9. The number of rotatable bonds is 5. The van der Waals surface area contributed by atoms with E-state index in [1.807, 2.05) is 0 Å². The first-order valence-corrected chi connectivity index (χ1v) is 8.08. The van der Waals surface area contributed by atoms with Crippen LogP contribution in [0.5, 0.6) is 0 Å². The van der Waals surface area contributed by atoms with Gasteiger partial charge in [-0.2, -0.15) is 0 Å². The summed E-state index contributed by atoms with van der Waals surface area (Å²) >= 11 is 6.02. The smallest absolute Gasteiger partial charge is 0.365 e. The number of benzene rings is 1. The molecule has 26 heavy (non-hydrogen) atoms. The zero-order valence-electron chi connectivity index (χ0n) is 14.7. The minimum Gasteiger partial charge on any atom is -0.383 e. The quantitative estimate of drug-likeness (QED) is 0.787. The van der Waals surface area contributed by atoms with Gasteiger partial charge in [-0.25, -0.2) is 14.0 Å². The lowest BCUT2D eigenvalue weighted by atomic mass is 10.1. The summed E-state index contributed by atoms with van der Waals surface area (Å²) in [5.41, 5.74) is -1.45. The van der Waals surface area contributed by atoms with Crippen molar-refractivity contribution < 1.29 is 18.8 Å². The minimum absolute atomic E-state index is 0.0311. The molecule has 0 amide bonds. The lowest BCUT2D eigenvalue weighted by Crippen LogP contribution is -2.47. The van der Waals surface area contributed by atoms with Crippen LogP contribution < -0.4 is 16.1 Å². The van der Waals surface area contributed by atoms with Crippen LogP contribution >= 0.6 is 11.6 Å². The molecule has 0 radical (unpaired) electrons. The van der Waals surface area contributed by atoms with Crippen molar-refractivity contribution in [1.82, 2.24) is 9.30 Å². The Labute approximate surface area is 153 Å². The molecule has 1 aromatic heterocycles. The molecule has 1 heterocycles. The van der Waals surface area contributed by atoms with Crippen molar-refractivity contribution in [2.24, 2.45) is 0 Å². The van der Waals surface area contributed by atoms with Gasteiger partial charge in [0.05, 0.1) is 28.9 Å². The van der Waals surface area contributed by atoms with Crippen molar-refractivity contribution in [3.63, 3.8) is 0 Å². The molecular weight excluding hydrogens is 367 g/mol. The normalized spacial score (nSPS) is 12.1. The highest BCUT2D eigenvalue weighted by molar-refractivity contribution is 6.33. The van der Waals surface area contributed by atoms with E-state index in [0.717, 1.165) is 17.6 Å². The molecule has 0 bridgehead atoms. The summed E-state index contributed by atoms with van der Waals surface area (Å²) in [6.07, 6.45) is 0. The number of methoxy groups -OCH3 is 1. The molecule has 9 heteroatoms. The maximum Gasteiger partial charge on any atom is 0.365 e. The van der Waals surface area contributed by atoms with Gasteiger partial charge in [-0.15, -0.1) is 4.73 Å².